The van der Waals surface area contributed by atoms with Gasteiger partial charge < -0.3 is 15.0 Å². The number of ether oxygens (including phenoxy) is 1. The van der Waals surface area contributed by atoms with Gasteiger partial charge in [0.15, 0.2) is 0 Å². The average molecular weight is 346 g/mol. The van der Waals surface area contributed by atoms with E-state index in [0.29, 0.717) is 37.2 Å². The molecule has 0 bridgehead atoms. The van der Waals surface area contributed by atoms with Crippen LogP contribution in [-0.4, -0.2) is 42.9 Å². The van der Waals surface area contributed by atoms with Crippen molar-refractivity contribution in [1.82, 2.24) is 4.90 Å². The van der Waals surface area contributed by atoms with Crippen molar-refractivity contribution in [2.75, 3.05) is 25.5 Å². The summed E-state index contributed by atoms with van der Waals surface area (Å²) in [4.78, 5) is 39.0. The molecular weight excluding hydrogens is 320 g/mol. The molecule has 0 saturated heterocycles. The second kappa shape index (κ2) is 8.14. The third kappa shape index (κ3) is 4.18. The molecule has 0 radical (unpaired) electrons. The van der Waals surface area contributed by atoms with Crippen LogP contribution in [0.25, 0.3) is 0 Å². The van der Waals surface area contributed by atoms with Crippen molar-refractivity contribution in [2.24, 2.45) is 5.41 Å². The van der Waals surface area contributed by atoms with E-state index in [9.17, 15) is 14.4 Å². The van der Waals surface area contributed by atoms with E-state index in [1.54, 1.807) is 29.2 Å². The Bertz CT molecular complexity index is 647. The highest BCUT2D eigenvalue weighted by Crippen LogP contribution is 2.48. The number of benzene rings is 1. The van der Waals surface area contributed by atoms with E-state index in [1.165, 1.54) is 7.11 Å². The number of nitrogens with one attached hydrogen (secondary N) is 1. The van der Waals surface area contributed by atoms with Gasteiger partial charge in [-0.15, -0.1) is 0 Å². The molecule has 0 aliphatic heterocycles. The summed E-state index contributed by atoms with van der Waals surface area (Å²) in [5.74, 6) is -0.847. The minimum atomic E-state index is -0.953. The maximum absolute atomic E-state index is 12.9. The fourth-order valence-electron chi connectivity index (χ4n) is 2.91. The Morgan fingerprint density at radius 1 is 1.16 bits per heavy atom. The zero-order chi connectivity index (χ0) is 18.4. The van der Waals surface area contributed by atoms with Gasteiger partial charge in [0, 0.05) is 18.8 Å². The molecule has 1 fully saturated rings. The van der Waals surface area contributed by atoms with Crippen molar-refractivity contribution in [3.05, 3.63) is 29.8 Å². The third-order valence-corrected chi connectivity index (χ3v) is 4.41. The fraction of sp³-hybridized carbons (Fsp3) is 0.526. The van der Waals surface area contributed by atoms with Gasteiger partial charge in [-0.25, -0.2) is 4.79 Å². The van der Waals surface area contributed by atoms with Gasteiger partial charge in [-0.3, -0.25) is 9.59 Å². The lowest BCUT2D eigenvalue weighted by Gasteiger charge is -2.26. The van der Waals surface area contributed by atoms with Crippen LogP contribution in [0.4, 0.5) is 5.69 Å². The SMILES string of the molecule is CCCN(CCC)C(=O)C1(C(=O)Nc2cccc(C(=O)OC)c2)CC1. The molecule has 0 aromatic heterocycles. The predicted molar refractivity (Wildman–Crippen MR) is 95.2 cm³/mol. The first kappa shape index (κ1) is 19.0. The van der Waals surface area contributed by atoms with Crippen LogP contribution in [0.2, 0.25) is 0 Å². The molecule has 136 valence electrons. The molecule has 6 heteroatoms. The lowest BCUT2D eigenvalue weighted by atomic mass is 10.0. The standard InChI is InChI=1S/C19H26N2O4/c1-4-11-21(12-5-2)18(24)19(9-10-19)17(23)20-15-8-6-7-14(13-15)16(22)25-3/h6-8,13H,4-5,9-12H2,1-3H3,(H,20,23). The Labute approximate surface area is 148 Å². The van der Waals surface area contributed by atoms with Crippen LogP contribution in [-0.2, 0) is 14.3 Å². The molecule has 2 rings (SSSR count). The maximum atomic E-state index is 12.9. The van der Waals surface area contributed by atoms with Crippen LogP contribution in [0.15, 0.2) is 24.3 Å². The van der Waals surface area contributed by atoms with Crippen molar-refractivity contribution in [1.29, 1.82) is 0 Å². The molecule has 1 N–H and O–H groups in total. The van der Waals surface area contributed by atoms with E-state index < -0.39 is 11.4 Å². The summed E-state index contributed by atoms with van der Waals surface area (Å²) in [6, 6.07) is 6.54. The quantitative estimate of drug-likeness (QED) is 0.580. The highest BCUT2D eigenvalue weighted by Gasteiger charge is 2.57. The molecule has 6 nitrogen and oxygen atoms in total. The number of anilines is 1. The van der Waals surface area contributed by atoms with Crippen molar-refractivity contribution in [2.45, 2.75) is 39.5 Å². The zero-order valence-corrected chi connectivity index (χ0v) is 15.1. The first-order chi connectivity index (χ1) is 12.0. The van der Waals surface area contributed by atoms with Crippen LogP contribution in [0.3, 0.4) is 0 Å². The number of esters is 1. The number of rotatable bonds is 8. The topological polar surface area (TPSA) is 75.7 Å². The summed E-state index contributed by atoms with van der Waals surface area (Å²) in [7, 11) is 1.31. The van der Waals surface area contributed by atoms with Gasteiger partial charge in [0.2, 0.25) is 11.8 Å². The lowest BCUT2D eigenvalue weighted by Crippen LogP contribution is -2.43. The number of methoxy groups -OCH3 is 1. The minimum Gasteiger partial charge on any atom is -0.465 e. The van der Waals surface area contributed by atoms with Crippen LogP contribution >= 0.6 is 0 Å². The number of amides is 2. The van der Waals surface area contributed by atoms with Gasteiger partial charge in [0.05, 0.1) is 12.7 Å². The molecule has 0 heterocycles. The first-order valence-corrected chi connectivity index (χ1v) is 8.77. The molecule has 25 heavy (non-hydrogen) atoms. The van der Waals surface area contributed by atoms with E-state index in [4.69, 9.17) is 0 Å². The zero-order valence-electron chi connectivity index (χ0n) is 15.1. The molecule has 2 amide bonds. The smallest absolute Gasteiger partial charge is 0.337 e. The molecule has 0 atom stereocenters. The van der Waals surface area contributed by atoms with Gasteiger partial charge in [-0.2, -0.15) is 0 Å². The Morgan fingerprint density at radius 2 is 1.80 bits per heavy atom. The Morgan fingerprint density at radius 3 is 2.32 bits per heavy atom. The molecule has 1 aliphatic carbocycles. The summed E-state index contributed by atoms with van der Waals surface area (Å²) in [5.41, 5.74) is -0.106. The van der Waals surface area contributed by atoms with E-state index in [0.717, 1.165) is 12.8 Å². The monoisotopic (exact) mass is 346 g/mol. The first-order valence-electron chi connectivity index (χ1n) is 8.77. The van der Waals surface area contributed by atoms with E-state index in [2.05, 4.69) is 10.1 Å². The van der Waals surface area contributed by atoms with Gasteiger partial charge in [0.1, 0.15) is 5.41 Å². The second-order valence-corrected chi connectivity index (χ2v) is 6.40. The third-order valence-electron chi connectivity index (χ3n) is 4.41. The summed E-state index contributed by atoms with van der Waals surface area (Å²) in [5, 5.41) is 2.79. The Balaban J connectivity index is 2.12. The number of carbonyl (C=O) groups is 3. The maximum Gasteiger partial charge on any atom is 0.337 e. The summed E-state index contributed by atoms with van der Waals surface area (Å²) < 4.78 is 4.69. The second-order valence-electron chi connectivity index (χ2n) is 6.40. The average Bonchev–Trinajstić information content (AvgIpc) is 3.42. The molecular formula is C19H26N2O4. The van der Waals surface area contributed by atoms with Crippen LogP contribution in [0, 0.1) is 5.41 Å². The number of nitrogens with zero attached hydrogens (tertiary/aromatic N) is 1. The van der Waals surface area contributed by atoms with E-state index >= 15 is 0 Å². The number of hydrogen-bond acceptors (Lipinski definition) is 4. The predicted octanol–water partition coefficient (Wildman–Crippen LogP) is 2.84. The molecule has 0 unspecified atom stereocenters. The summed E-state index contributed by atoms with van der Waals surface area (Å²) in [6.07, 6.45) is 2.87. The Kier molecular flexibility index (Phi) is 6.17. The van der Waals surface area contributed by atoms with Crippen molar-refractivity contribution >= 4 is 23.5 Å². The fourth-order valence-corrected chi connectivity index (χ4v) is 2.91. The van der Waals surface area contributed by atoms with Gasteiger partial charge in [-0.1, -0.05) is 19.9 Å². The molecule has 1 aromatic rings. The largest absolute Gasteiger partial charge is 0.465 e. The van der Waals surface area contributed by atoms with Gasteiger partial charge in [0.25, 0.3) is 0 Å². The molecule has 1 saturated carbocycles. The Hall–Kier alpha value is -2.37. The van der Waals surface area contributed by atoms with Crippen LogP contribution in [0.5, 0.6) is 0 Å². The molecule has 1 aliphatic rings. The van der Waals surface area contributed by atoms with Crippen molar-refractivity contribution < 1.29 is 19.1 Å². The number of carbonyl (C=O) groups excluding carboxylic acids is 3. The lowest BCUT2D eigenvalue weighted by molar-refractivity contribution is -0.142. The van der Waals surface area contributed by atoms with E-state index in [1.807, 2.05) is 13.8 Å². The van der Waals surface area contributed by atoms with Gasteiger partial charge >= 0.3 is 5.97 Å². The van der Waals surface area contributed by atoms with Crippen LogP contribution < -0.4 is 5.32 Å². The summed E-state index contributed by atoms with van der Waals surface area (Å²) >= 11 is 0. The molecule has 0 spiro atoms. The number of hydrogen-bond donors (Lipinski definition) is 1. The minimum absolute atomic E-state index is 0.0853. The normalized spacial score (nSPS) is 14.5. The van der Waals surface area contributed by atoms with Crippen molar-refractivity contribution in [3.8, 4) is 0 Å². The van der Waals surface area contributed by atoms with Crippen molar-refractivity contribution in [3.63, 3.8) is 0 Å². The van der Waals surface area contributed by atoms with E-state index in [-0.39, 0.29) is 11.8 Å². The summed E-state index contributed by atoms with van der Waals surface area (Å²) in [6.45, 7) is 5.38. The van der Waals surface area contributed by atoms with Gasteiger partial charge in [-0.05, 0) is 43.9 Å². The highest BCUT2D eigenvalue weighted by atomic mass is 16.5. The highest BCUT2D eigenvalue weighted by molar-refractivity contribution is 6.13. The van der Waals surface area contributed by atoms with Crippen LogP contribution in [0.1, 0.15) is 49.9 Å². The molecule has 1 aromatic carbocycles.